The lowest BCUT2D eigenvalue weighted by atomic mass is 10.2. The second-order valence-electron chi connectivity index (χ2n) is 5.21. The molecule has 0 heterocycles. The van der Waals surface area contributed by atoms with E-state index in [0.29, 0.717) is 5.04 Å². The van der Waals surface area contributed by atoms with Gasteiger partial charge in [0.1, 0.15) is 8.96 Å². The molecule has 2 nitrogen and oxygen atoms in total. The van der Waals surface area contributed by atoms with E-state index in [2.05, 4.69) is 51.8 Å². The van der Waals surface area contributed by atoms with Gasteiger partial charge in [0.15, 0.2) is 0 Å². The average Bonchev–Trinajstić information content (AvgIpc) is 2.09. The fraction of sp³-hybridized carbons (Fsp3) is 1.00. The van der Waals surface area contributed by atoms with Crippen LogP contribution in [0.4, 0.5) is 0 Å². The maximum Gasteiger partial charge on any atom is 0.118 e. The van der Waals surface area contributed by atoms with Gasteiger partial charge in [0.2, 0.25) is 0 Å². The van der Waals surface area contributed by atoms with Crippen molar-refractivity contribution in [1.82, 2.24) is 10.3 Å². The monoisotopic (exact) mass is 216 g/mol. The van der Waals surface area contributed by atoms with E-state index >= 15 is 0 Å². The minimum absolute atomic E-state index is 0.477. The van der Waals surface area contributed by atoms with E-state index in [1.54, 1.807) is 0 Å². The van der Waals surface area contributed by atoms with Crippen molar-refractivity contribution in [2.45, 2.75) is 58.5 Å². The Bertz CT molecular complexity index is 143. The maximum absolute atomic E-state index is 3.74. The molecule has 0 fully saturated rings. The molecular weight excluding hydrogens is 188 g/mol. The van der Waals surface area contributed by atoms with Crippen molar-refractivity contribution in [2.24, 2.45) is 0 Å². The summed E-state index contributed by atoms with van der Waals surface area (Å²) in [6.45, 7) is 16.0. The zero-order valence-corrected chi connectivity index (χ0v) is 11.9. The molecule has 14 heavy (non-hydrogen) atoms. The van der Waals surface area contributed by atoms with Gasteiger partial charge in [-0.25, -0.2) is 0 Å². The summed E-state index contributed by atoms with van der Waals surface area (Å²) in [5.41, 5.74) is 0.869. The largest absolute Gasteiger partial charge is 0.327 e. The minimum Gasteiger partial charge on any atom is -0.327 e. The Morgan fingerprint density at radius 2 is 1.79 bits per heavy atom. The van der Waals surface area contributed by atoms with Crippen molar-refractivity contribution in [3.8, 4) is 0 Å². The molecule has 0 saturated carbocycles. The number of hydrogen-bond acceptors (Lipinski definition) is 2. The number of rotatable bonds is 6. The predicted molar refractivity (Wildman–Crippen MR) is 68.3 cm³/mol. The van der Waals surface area contributed by atoms with Gasteiger partial charge >= 0.3 is 0 Å². The van der Waals surface area contributed by atoms with E-state index in [4.69, 9.17) is 0 Å². The van der Waals surface area contributed by atoms with Gasteiger partial charge in [-0.15, -0.1) is 0 Å². The van der Waals surface area contributed by atoms with Gasteiger partial charge in [0.05, 0.1) is 0 Å². The van der Waals surface area contributed by atoms with Crippen LogP contribution in [0.3, 0.4) is 0 Å². The molecule has 86 valence electrons. The fourth-order valence-electron chi connectivity index (χ4n) is 1.90. The molecule has 0 rings (SSSR count). The van der Waals surface area contributed by atoms with Gasteiger partial charge < -0.3 is 10.3 Å². The lowest BCUT2D eigenvalue weighted by molar-refractivity contribution is 0.628. The quantitative estimate of drug-likeness (QED) is 0.405. The van der Waals surface area contributed by atoms with E-state index in [0.717, 1.165) is 18.8 Å². The van der Waals surface area contributed by atoms with Crippen molar-refractivity contribution in [3.05, 3.63) is 0 Å². The molecule has 0 spiro atoms. The zero-order valence-electron chi connectivity index (χ0n) is 10.8. The third-order valence-corrected chi connectivity index (χ3v) is 6.96. The van der Waals surface area contributed by atoms with Crippen LogP contribution in [-0.2, 0) is 0 Å². The standard InChI is InChI=1S/C11H28N2Si/c1-7-10(3)14(11(4,5)6)13-9-12-8-2/h10,12-14H,7-9H2,1-6H3. The van der Waals surface area contributed by atoms with E-state index in [-0.39, 0.29) is 0 Å². The van der Waals surface area contributed by atoms with Crippen LogP contribution in [0.5, 0.6) is 0 Å². The fourth-order valence-corrected chi connectivity index (χ4v) is 5.46. The van der Waals surface area contributed by atoms with E-state index in [1.165, 1.54) is 6.42 Å². The Labute approximate surface area is 91.5 Å². The molecule has 2 atom stereocenters. The van der Waals surface area contributed by atoms with Gasteiger partial charge in [0.25, 0.3) is 0 Å². The number of nitrogens with one attached hydrogen (secondary N) is 2. The summed E-state index contributed by atoms with van der Waals surface area (Å²) in [5, 5.41) is 3.83. The first-order valence-corrected chi connectivity index (χ1v) is 7.69. The Kier molecular flexibility index (Phi) is 6.65. The average molecular weight is 216 g/mol. The Morgan fingerprint density at radius 1 is 1.21 bits per heavy atom. The normalized spacial score (nSPS) is 16.7. The molecule has 0 radical (unpaired) electrons. The maximum atomic E-state index is 3.74. The molecule has 0 aliphatic heterocycles. The molecule has 0 aliphatic carbocycles. The van der Waals surface area contributed by atoms with Gasteiger partial charge in [-0.1, -0.05) is 48.0 Å². The lowest BCUT2D eigenvalue weighted by Gasteiger charge is -2.34. The highest BCUT2D eigenvalue weighted by molar-refractivity contribution is 6.60. The smallest absolute Gasteiger partial charge is 0.118 e. The first-order valence-electron chi connectivity index (χ1n) is 5.87. The van der Waals surface area contributed by atoms with Crippen molar-refractivity contribution >= 4 is 8.96 Å². The second-order valence-corrected chi connectivity index (χ2v) is 9.45. The molecule has 0 aliphatic rings. The molecule has 2 unspecified atom stereocenters. The molecule has 0 saturated heterocycles. The lowest BCUT2D eigenvalue weighted by Crippen LogP contribution is -2.48. The summed E-state index contributed by atoms with van der Waals surface area (Å²) >= 11 is 0. The first kappa shape index (κ1) is 14.1. The first-order chi connectivity index (χ1) is 6.43. The van der Waals surface area contributed by atoms with Gasteiger partial charge in [-0.05, 0) is 17.1 Å². The minimum atomic E-state index is -0.860. The number of hydrogen-bond donors (Lipinski definition) is 2. The second kappa shape index (κ2) is 6.59. The van der Waals surface area contributed by atoms with Crippen LogP contribution >= 0.6 is 0 Å². The SMILES string of the molecule is CCNCN[SiH](C(C)CC)C(C)(C)C. The molecule has 0 aromatic rings. The van der Waals surface area contributed by atoms with Crippen molar-refractivity contribution in [2.75, 3.05) is 13.2 Å². The molecular formula is C11H28N2Si. The van der Waals surface area contributed by atoms with Gasteiger partial charge in [-0.3, -0.25) is 0 Å². The highest BCUT2D eigenvalue weighted by Crippen LogP contribution is 2.33. The molecule has 3 heteroatoms. The summed E-state index contributed by atoms with van der Waals surface area (Å²) in [5.74, 6) is 0. The van der Waals surface area contributed by atoms with Crippen LogP contribution in [0.25, 0.3) is 0 Å². The van der Waals surface area contributed by atoms with E-state index in [9.17, 15) is 0 Å². The Hall–Kier alpha value is 0.137. The third kappa shape index (κ3) is 5.13. The molecule has 0 aromatic carbocycles. The summed E-state index contributed by atoms with van der Waals surface area (Å²) in [6, 6.07) is 0. The highest BCUT2D eigenvalue weighted by atomic mass is 28.3. The van der Waals surface area contributed by atoms with Crippen LogP contribution in [0.1, 0.15) is 48.0 Å². The van der Waals surface area contributed by atoms with Gasteiger partial charge in [-0.2, -0.15) is 0 Å². The molecule has 0 bridgehead atoms. The van der Waals surface area contributed by atoms with Gasteiger partial charge in [0, 0.05) is 6.67 Å². The van der Waals surface area contributed by atoms with Crippen LogP contribution in [0, 0.1) is 0 Å². The van der Waals surface area contributed by atoms with Crippen LogP contribution in [0.15, 0.2) is 0 Å². The third-order valence-electron chi connectivity index (χ3n) is 2.84. The van der Waals surface area contributed by atoms with Crippen LogP contribution in [0.2, 0.25) is 10.6 Å². The Morgan fingerprint density at radius 3 is 2.14 bits per heavy atom. The summed E-state index contributed by atoms with van der Waals surface area (Å²) in [7, 11) is -0.860. The zero-order chi connectivity index (χ0) is 11.2. The Balaban J connectivity index is 4.12. The van der Waals surface area contributed by atoms with Crippen LogP contribution < -0.4 is 10.3 Å². The summed E-state index contributed by atoms with van der Waals surface area (Å²) in [4.78, 5) is 3.74. The predicted octanol–water partition coefficient (Wildman–Crippen LogP) is 2.47. The van der Waals surface area contributed by atoms with E-state index in [1.807, 2.05) is 0 Å². The van der Waals surface area contributed by atoms with Crippen LogP contribution in [-0.4, -0.2) is 22.2 Å². The van der Waals surface area contributed by atoms with Crippen molar-refractivity contribution < 1.29 is 0 Å². The summed E-state index contributed by atoms with van der Waals surface area (Å²) in [6.07, 6.45) is 1.30. The topological polar surface area (TPSA) is 24.1 Å². The molecule has 0 amide bonds. The van der Waals surface area contributed by atoms with Crippen molar-refractivity contribution in [3.63, 3.8) is 0 Å². The molecule has 0 aromatic heterocycles. The van der Waals surface area contributed by atoms with Crippen molar-refractivity contribution in [1.29, 1.82) is 0 Å². The molecule has 2 N–H and O–H groups in total. The summed E-state index contributed by atoms with van der Waals surface area (Å²) < 4.78 is 0. The van der Waals surface area contributed by atoms with E-state index < -0.39 is 8.96 Å². The highest BCUT2D eigenvalue weighted by Gasteiger charge is 2.29.